The molecule has 208 valence electrons. The highest BCUT2D eigenvalue weighted by atomic mass is 35.5. The van der Waals surface area contributed by atoms with Crippen molar-refractivity contribution >= 4 is 70.1 Å². The summed E-state index contributed by atoms with van der Waals surface area (Å²) in [5, 5.41) is 8.89. The Kier molecular flexibility index (Phi) is 10.6. The molecule has 1 unspecified atom stereocenters. The van der Waals surface area contributed by atoms with Crippen molar-refractivity contribution in [3.05, 3.63) is 130 Å². The molecule has 0 aromatic heterocycles. The molecule has 0 radical (unpaired) electrons. The van der Waals surface area contributed by atoms with E-state index in [4.69, 9.17) is 23.2 Å². The Hall–Kier alpha value is -4.04. The zero-order valence-corrected chi connectivity index (χ0v) is 24.4. The number of rotatable bonds is 10. The molecule has 4 rings (SSSR count). The largest absolute Gasteiger partial charge is 0.324 e. The van der Waals surface area contributed by atoms with Crippen molar-refractivity contribution in [1.29, 1.82) is 0 Å². The fourth-order valence-electron chi connectivity index (χ4n) is 3.80. The summed E-state index contributed by atoms with van der Waals surface area (Å²) in [5.74, 6) is -1.10. The van der Waals surface area contributed by atoms with Crippen molar-refractivity contribution in [2.24, 2.45) is 0 Å². The summed E-state index contributed by atoms with van der Waals surface area (Å²) in [6.07, 6.45) is 2.17. The van der Waals surface area contributed by atoms with Crippen LogP contribution in [0, 0.1) is 0 Å². The number of carbonyl (C=O) groups is 3. The highest BCUT2D eigenvalue weighted by Crippen LogP contribution is 2.31. The van der Waals surface area contributed by atoms with Gasteiger partial charge in [0.2, 0.25) is 5.91 Å². The van der Waals surface area contributed by atoms with Crippen LogP contribution in [0.25, 0.3) is 6.08 Å². The number of anilines is 2. The van der Waals surface area contributed by atoms with E-state index in [1.165, 1.54) is 11.8 Å². The third-order valence-corrected chi connectivity index (χ3v) is 7.78. The van der Waals surface area contributed by atoms with E-state index in [2.05, 4.69) is 16.0 Å². The molecule has 0 heterocycles. The normalized spacial score (nSPS) is 11.8. The van der Waals surface area contributed by atoms with Crippen molar-refractivity contribution in [1.82, 2.24) is 5.32 Å². The van der Waals surface area contributed by atoms with E-state index in [1.54, 1.807) is 66.7 Å². The van der Waals surface area contributed by atoms with E-state index >= 15 is 0 Å². The van der Waals surface area contributed by atoms with E-state index in [1.807, 2.05) is 49.4 Å². The molecule has 3 N–H and O–H groups in total. The van der Waals surface area contributed by atoms with Crippen LogP contribution >= 0.6 is 35.0 Å². The second-order valence-corrected chi connectivity index (χ2v) is 11.0. The van der Waals surface area contributed by atoms with Crippen molar-refractivity contribution in [3.8, 4) is 0 Å². The Morgan fingerprint density at radius 3 is 2.24 bits per heavy atom. The van der Waals surface area contributed by atoms with Crippen molar-refractivity contribution in [2.45, 2.75) is 23.5 Å². The van der Waals surface area contributed by atoms with Gasteiger partial charge in [-0.05, 0) is 66.6 Å². The third kappa shape index (κ3) is 8.72. The highest BCUT2D eigenvalue weighted by molar-refractivity contribution is 8.00. The number of amides is 3. The van der Waals surface area contributed by atoms with Crippen LogP contribution in [0.2, 0.25) is 10.0 Å². The Balaban J connectivity index is 1.49. The van der Waals surface area contributed by atoms with Crippen LogP contribution in [0.5, 0.6) is 0 Å². The Labute approximate surface area is 253 Å². The van der Waals surface area contributed by atoms with Crippen molar-refractivity contribution in [3.63, 3.8) is 0 Å². The van der Waals surface area contributed by atoms with Crippen LogP contribution in [0.4, 0.5) is 11.4 Å². The molecule has 0 bridgehead atoms. The lowest BCUT2D eigenvalue weighted by atomic mass is 10.1. The van der Waals surface area contributed by atoms with Gasteiger partial charge in [0.1, 0.15) is 5.70 Å². The molecular weight excluding hydrogens is 577 g/mol. The lowest BCUT2D eigenvalue weighted by Crippen LogP contribution is -2.30. The number of benzene rings is 4. The first-order valence-electron chi connectivity index (χ1n) is 12.8. The second-order valence-electron chi connectivity index (χ2n) is 8.90. The van der Waals surface area contributed by atoms with Crippen LogP contribution < -0.4 is 16.0 Å². The Morgan fingerprint density at radius 2 is 1.54 bits per heavy atom. The summed E-state index contributed by atoms with van der Waals surface area (Å²) in [4.78, 5) is 40.0. The summed E-state index contributed by atoms with van der Waals surface area (Å²) in [5.41, 5.74) is 2.24. The van der Waals surface area contributed by atoms with Crippen molar-refractivity contribution in [2.75, 3.05) is 10.6 Å². The summed E-state index contributed by atoms with van der Waals surface area (Å²) < 4.78 is 0. The fraction of sp³-hybridized carbons (Fsp3) is 0.0938. The van der Waals surface area contributed by atoms with Gasteiger partial charge in [0.05, 0.1) is 16.0 Å². The molecule has 41 heavy (non-hydrogen) atoms. The molecule has 4 aromatic carbocycles. The topological polar surface area (TPSA) is 87.3 Å². The molecule has 0 saturated heterocycles. The number of carbonyl (C=O) groups excluding carboxylic acids is 3. The Bertz CT molecular complexity index is 1560. The van der Waals surface area contributed by atoms with Gasteiger partial charge in [-0.25, -0.2) is 0 Å². The molecule has 4 aromatic rings. The average Bonchev–Trinajstić information content (AvgIpc) is 2.98. The number of thioether (sulfide) groups is 1. The van der Waals surface area contributed by atoms with Crippen LogP contribution in [0.3, 0.4) is 0 Å². The zero-order chi connectivity index (χ0) is 29.2. The van der Waals surface area contributed by atoms with Crippen LogP contribution in [-0.4, -0.2) is 23.0 Å². The summed E-state index contributed by atoms with van der Waals surface area (Å²) in [6, 6.07) is 30.0. The molecule has 0 fully saturated rings. The molecule has 1 atom stereocenters. The minimum atomic E-state index is -0.485. The predicted molar refractivity (Wildman–Crippen MR) is 168 cm³/mol. The first-order valence-corrected chi connectivity index (χ1v) is 14.4. The second kappa shape index (κ2) is 14.6. The van der Waals surface area contributed by atoms with Gasteiger partial charge in [-0.2, -0.15) is 0 Å². The number of halogens is 2. The lowest BCUT2D eigenvalue weighted by Gasteiger charge is -2.16. The molecule has 0 aliphatic rings. The maximum Gasteiger partial charge on any atom is 0.272 e. The molecule has 9 heteroatoms. The average molecular weight is 605 g/mol. The molecule has 6 nitrogen and oxygen atoms in total. The van der Waals surface area contributed by atoms with Gasteiger partial charge in [0.15, 0.2) is 0 Å². The van der Waals surface area contributed by atoms with Crippen molar-refractivity contribution < 1.29 is 14.4 Å². The summed E-state index contributed by atoms with van der Waals surface area (Å²) in [7, 11) is 0. The maximum atomic E-state index is 13.4. The first-order chi connectivity index (χ1) is 19.8. The number of hydrogen-bond acceptors (Lipinski definition) is 4. The van der Waals surface area contributed by atoms with E-state index in [0.29, 0.717) is 33.4 Å². The first kappa shape index (κ1) is 29.9. The van der Waals surface area contributed by atoms with Crippen LogP contribution in [0.15, 0.2) is 114 Å². The summed E-state index contributed by atoms with van der Waals surface area (Å²) in [6.45, 7) is 1.92. The zero-order valence-electron chi connectivity index (χ0n) is 22.1. The monoisotopic (exact) mass is 603 g/mol. The SMILES string of the molecule is CCC(Sc1cccc(NC(=O)/C(=C/c2ccccc2)NC(=O)c2ccccc2)c1)C(=O)Nc1cc(Cl)ccc1Cl. The quantitative estimate of drug-likeness (QED) is 0.127. The molecule has 0 aliphatic heterocycles. The van der Waals surface area contributed by atoms with Crippen LogP contribution in [-0.2, 0) is 9.59 Å². The van der Waals surface area contributed by atoms with E-state index < -0.39 is 17.1 Å². The van der Waals surface area contributed by atoms with Gasteiger partial charge < -0.3 is 16.0 Å². The maximum absolute atomic E-state index is 13.4. The molecule has 0 spiro atoms. The van der Waals surface area contributed by atoms with Gasteiger partial charge in [0.25, 0.3) is 11.8 Å². The predicted octanol–water partition coefficient (Wildman–Crippen LogP) is 7.91. The number of nitrogens with one attached hydrogen (secondary N) is 3. The van der Waals surface area contributed by atoms with Gasteiger partial charge in [0, 0.05) is 21.2 Å². The smallest absolute Gasteiger partial charge is 0.272 e. The van der Waals surface area contributed by atoms with Crippen LogP contribution in [0.1, 0.15) is 29.3 Å². The molecular formula is C32H27Cl2N3O3S. The third-order valence-electron chi connectivity index (χ3n) is 5.86. The van der Waals surface area contributed by atoms with Gasteiger partial charge >= 0.3 is 0 Å². The van der Waals surface area contributed by atoms with Gasteiger partial charge in [-0.3, -0.25) is 14.4 Å². The molecule has 0 aliphatic carbocycles. The minimum Gasteiger partial charge on any atom is -0.324 e. The Morgan fingerprint density at radius 1 is 0.829 bits per heavy atom. The standard InChI is InChI=1S/C32H27Cl2N3O3S/c1-2-29(32(40)36-27-19-23(33)16-17-26(27)34)41-25-15-9-14-24(20-25)35-31(39)28(18-21-10-5-3-6-11-21)37-30(38)22-12-7-4-8-13-22/h3-20,29H,2H2,1H3,(H,35,39)(H,36,40)(H,37,38)/b28-18-. The van der Waals surface area contributed by atoms with E-state index in [9.17, 15) is 14.4 Å². The highest BCUT2D eigenvalue weighted by Gasteiger charge is 2.20. The van der Waals surface area contributed by atoms with Gasteiger partial charge in [-0.1, -0.05) is 84.7 Å². The summed E-state index contributed by atoms with van der Waals surface area (Å²) >= 11 is 13.6. The molecule has 0 saturated carbocycles. The van der Waals surface area contributed by atoms with E-state index in [0.717, 1.165) is 10.5 Å². The molecule has 3 amide bonds. The van der Waals surface area contributed by atoms with Gasteiger partial charge in [-0.15, -0.1) is 11.8 Å². The fourth-order valence-corrected chi connectivity index (χ4v) is 5.15. The lowest BCUT2D eigenvalue weighted by molar-refractivity contribution is -0.116. The number of hydrogen-bond donors (Lipinski definition) is 3. The van der Waals surface area contributed by atoms with E-state index in [-0.39, 0.29) is 11.6 Å². The minimum absolute atomic E-state index is 0.0901.